The van der Waals surface area contributed by atoms with Gasteiger partial charge in [-0.1, -0.05) is 50.7 Å². The van der Waals surface area contributed by atoms with Gasteiger partial charge in [0.25, 0.3) is 0 Å². The fraction of sp³-hybridized carbons (Fsp3) is 0.480. The second kappa shape index (κ2) is 13.8. The van der Waals surface area contributed by atoms with Gasteiger partial charge in [-0.05, 0) is 74.1 Å². The van der Waals surface area contributed by atoms with Crippen molar-refractivity contribution >= 4 is 5.91 Å². The van der Waals surface area contributed by atoms with Crippen molar-refractivity contribution in [3.8, 4) is 5.75 Å². The van der Waals surface area contributed by atoms with Crippen molar-refractivity contribution in [1.29, 1.82) is 0 Å². The largest absolute Gasteiger partial charge is 0.458 e. The summed E-state index contributed by atoms with van der Waals surface area (Å²) in [6, 6.07) is 8.20. The molecule has 29 heavy (non-hydrogen) atoms. The smallest absolute Gasteiger partial charge is 0.217 e. The molecule has 0 fully saturated rings. The van der Waals surface area contributed by atoms with Crippen LogP contribution in [0.1, 0.15) is 76.2 Å². The molecular weight excluding hydrogens is 365 g/mol. The summed E-state index contributed by atoms with van der Waals surface area (Å²) in [5.41, 5.74) is 6.46. The maximum atomic E-state index is 13.4. The lowest BCUT2D eigenvalue weighted by atomic mass is 10.0. The highest BCUT2D eigenvalue weighted by molar-refractivity contribution is 5.73. The summed E-state index contributed by atoms with van der Waals surface area (Å²) in [5, 5.41) is 0. The molecule has 2 rings (SSSR count). The lowest BCUT2D eigenvalue weighted by molar-refractivity contribution is -0.118. The number of nitrogens with two attached hydrogens (primary N) is 1. The summed E-state index contributed by atoms with van der Waals surface area (Å²) in [5.74, 6) is 1.07. The maximum absolute atomic E-state index is 13.4. The van der Waals surface area contributed by atoms with E-state index < -0.39 is 0 Å². The van der Waals surface area contributed by atoms with E-state index in [0.717, 1.165) is 31.4 Å². The summed E-state index contributed by atoms with van der Waals surface area (Å²) in [6.45, 7) is 0. The van der Waals surface area contributed by atoms with Crippen LogP contribution in [0.5, 0.6) is 5.75 Å². The van der Waals surface area contributed by atoms with Crippen molar-refractivity contribution in [2.75, 3.05) is 0 Å². The fourth-order valence-corrected chi connectivity index (χ4v) is 3.37. The molecule has 0 saturated carbocycles. The monoisotopic (exact) mass is 399 g/mol. The first-order chi connectivity index (χ1) is 14.1. The topological polar surface area (TPSA) is 52.3 Å². The highest BCUT2D eigenvalue weighted by Crippen LogP contribution is 2.20. The maximum Gasteiger partial charge on any atom is 0.217 e. The molecule has 1 aromatic rings. The van der Waals surface area contributed by atoms with E-state index in [9.17, 15) is 9.18 Å². The van der Waals surface area contributed by atoms with Gasteiger partial charge >= 0.3 is 0 Å². The van der Waals surface area contributed by atoms with Crippen LogP contribution in [0.3, 0.4) is 0 Å². The number of benzene rings is 1. The predicted molar refractivity (Wildman–Crippen MR) is 117 cm³/mol. The van der Waals surface area contributed by atoms with E-state index in [1.165, 1.54) is 50.2 Å². The van der Waals surface area contributed by atoms with Crippen LogP contribution in [0.15, 0.2) is 60.2 Å². The number of carbonyl (C=O) groups excluding carboxylic acids is 1. The van der Waals surface area contributed by atoms with Crippen LogP contribution in [-0.2, 0) is 11.2 Å². The summed E-state index contributed by atoms with van der Waals surface area (Å²) in [4.78, 5) is 10.7. The summed E-state index contributed by atoms with van der Waals surface area (Å²) >= 11 is 0. The average Bonchev–Trinajstić information content (AvgIpc) is 2.69. The minimum Gasteiger partial charge on any atom is -0.458 e. The van der Waals surface area contributed by atoms with Crippen molar-refractivity contribution in [2.24, 2.45) is 5.73 Å². The number of hydrogen-bond donors (Lipinski definition) is 1. The van der Waals surface area contributed by atoms with E-state index in [4.69, 9.17) is 10.5 Å². The molecule has 0 bridgehead atoms. The van der Waals surface area contributed by atoms with Gasteiger partial charge in [0, 0.05) is 6.42 Å². The Bertz CT molecular complexity index is 704. The standard InChI is InChI=1S/C25H34FNO2/c26-22-12-9-10-13-23(20-17-22)29-24-18-15-21(16-19-24)11-7-5-3-1-2-4-6-8-14-25(27)28/h12-13,15-20H,1-11,14H2,(H2,27,28)/b20-17-,22-12-,23-13+. The van der Waals surface area contributed by atoms with Gasteiger partial charge in [0.05, 0.1) is 0 Å². The molecule has 1 aliphatic carbocycles. The van der Waals surface area contributed by atoms with Crippen LogP contribution in [0, 0.1) is 0 Å². The molecular formula is C25H34FNO2. The van der Waals surface area contributed by atoms with E-state index >= 15 is 0 Å². The minimum atomic E-state index is -0.211. The van der Waals surface area contributed by atoms with Gasteiger partial charge in [-0.15, -0.1) is 0 Å². The van der Waals surface area contributed by atoms with E-state index in [1.54, 1.807) is 12.2 Å². The van der Waals surface area contributed by atoms with Crippen molar-refractivity contribution in [1.82, 2.24) is 0 Å². The van der Waals surface area contributed by atoms with E-state index in [0.29, 0.717) is 18.6 Å². The lowest BCUT2D eigenvalue weighted by Gasteiger charge is -2.09. The van der Waals surface area contributed by atoms with Crippen LogP contribution in [0.25, 0.3) is 0 Å². The number of aryl methyl sites for hydroxylation is 1. The Labute approximate surface area is 174 Å². The Morgan fingerprint density at radius 2 is 1.48 bits per heavy atom. The van der Waals surface area contributed by atoms with Gasteiger partial charge in [-0.3, -0.25) is 4.79 Å². The van der Waals surface area contributed by atoms with Crippen LogP contribution in [0.2, 0.25) is 0 Å². The van der Waals surface area contributed by atoms with Crippen LogP contribution in [0.4, 0.5) is 4.39 Å². The summed E-state index contributed by atoms with van der Waals surface area (Å²) < 4.78 is 19.2. The molecule has 0 aliphatic heterocycles. The second-order valence-electron chi connectivity index (χ2n) is 7.65. The first kappa shape index (κ1) is 22.9. The van der Waals surface area contributed by atoms with Gasteiger partial charge in [0.1, 0.15) is 17.3 Å². The lowest BCUT2D eigenvalue weighted by Crippen LogP contribution is -2.09. The number of carbonyl (C=O) groups is 1. The Balaban J connectivity index is 1.58. The first-order valence-electron chi connectivity index (χ1n) is 10.9. The Morgan fingerprint density at radius 3 is 2.17 bits per heavy atom. The molecule has 0 atom stereocenters. The fourth-order valence-electron chi connectivity index (χ4n) is 3.37. The third kappa shape index (κ3) is 10.7. The molecule has 0 aromatic heterocycles. The number of halogens is 1. The van der Waals surface area contributed by atoms with Gasteiger partial charge < -0.3 is 10.5 Å². The molecule has 3 nitrogen and oxygen atoms in total. The Kier molecular flexibility index (Phi) is 10.9. The average molecular weight is 400 g/mol. The van der Waals surface area contributed by atoms with Gasteiger partial charge in [-0.2, -0.15) is 0 Å². The number of ether oxygens (including phenoxy) is 1. The van der Waals surface area contributed by atoms with Crippen LogP contribution in [-0.4, -0.2) is 5.91 Å². The van der Waals surface area contributed by atoms with Crippen molar-refractivity contribution in [2.45, 2.75) is 77.0 Å². The number of allylic oxidation sites excluding steroid dienone is 5. The van der Waals surface area contributed by atoms with Crippen LogP contribution < -0.4 is 10.5 Å². The van der Waals surface area contributed by atoms with Crippen molar-refractivity contribution in [3.63, 3.8) is 0 Å². The third-order valence-corrected chi connectivity index (χ3v) is 5.06. The molecule has 4 heteroatoms. The summed E-state index contributed by atoms with van der Waals surface area (Å²) in [7, 11) is 0. The molecule has 158 valence electrons. The SMILES string of the molecule is NC(=O)CCCCCCCCCCc1ccc(OC2=C/CC/C=C(F)/C=C\2)cc1. The Morgan fingerprint density at radius 1 is 0.862 bits per heavy atom. The van der Waals surface area contributed by atoms with Crippen molar-refractivity contribution in [3.05, 3.63) is 65.7 Å². The number of unbranched alkanes of at least 4 members (excludes halogenated alkanes) is 7. The third-order valence-electron chi connectivity index (χ3n) is 5.06. The molecule has 0 radical (unpaired) electrons. The quantitative estimate of drug-likeness (QED) is 0.376. The predicted octanol–water partition coefficient (Wildman–Crippen LogP) is 6.69. The number of primary amides is 1. The molecule has 1 amide bonds. The highest BCUT2D eigenvalue weighted by Gasteiger charge is 2.02. The van der Waals surface area contributed by atoms with Gasteiger partial charge in [0.15, 0.2) is 0 Å². The molecule has 0 unspecified atom stereocenters. The molecule has 1 aliphatic rings. The minimum absolute atomic E-state index is 0.189. The van der Waals surface area contributed by atoms with E-state index in [1.807, 2.05) is 18.2 Å². The van der Waals surface area contributed by atoms with E-state index in [-0.39, 0.29) is 11.7 Å². The van der Waals surface area contributed by atoms with Crippen LogP contribution >= 0.6 is 0 Å². The molecule has 0 spiro atoms. The Hall–Kier alpha value is -2.36. The zero-order valence-corrected chi connectivity index (χ0v) is 17.4. The number of rotatable bonds is 13. The molecule has 2 N–H and O–H groups in total. The van der Waals surface area contributed by atoms with Crippen molar-refractivity contribution < 1.29 is 13.9 Å². The van der Waals surface area contributed by atoms with E-state index in [2.05, 4.69) is 12.1 Å². The van der Waals surface area contributed by atoms with Gasteiger partial charge in [0.2, 0.25) is 5.91 Å². The molecule has 1 aromatic carbocycles. The zero-order valence-electron chi connectivity index (χ0n) is 17.4. The second-order valence-corrected chi connectivity index (χ2v) is 7.65. The molecule has 0 saturated heterocycles. The first-order valence-corrected chi connectivity index (χ1v) is 10.9. The number of hydrogen-bond acceptors (Lipinski definition) is 2. The highest BCUT2D eigenvalue weighted by atomic mass is 19.1. The normalized spacial score (nSPS) is 18.7. The van der Waals surface area contributed by atoms with Gasteiger partial charge in [-0.25, -0.2) is 4.39 Å². The summed E-state index contributed by atoms with van der Waals surface area (Å²) in [6.07, 6.45) is 19.2. The zero-order chi connectivity index (χ0) is 20.7. The number of amides is 1. The molecule has 0 heterocycles.